The number of aromatic nitrogens is 4. The fraction of sp³-hybridized carbons (Fsp3) is 0.250. The van der Waals surface area contributed by atoms with Crippen LogP contribution in [0.15, 0.2) is 12.7 Å². The molecule has 0 spiro atoms. The zero-order chi connectivity index (χ0) is 6.69. The molecule has 1 rings (SSSR count). The van der Waals surface area contributed by atoms with E-state index >= 15 is 0 Å². The molecule has 0 saturated carbocycles. The standard InChI is InChI=1S/C4H7N5/c1-2-3(5)4-6-8-9-7-4/h2-3H,1,5H2,(H,6,7,8,9). The van der Waals surface area contributed by atoms with Crippen LogP contribution in [0.4, 0.5) is 0 Å². The van der Waals surface area contributed by atoms with Gasteiger partial charge in [-0.05, 0) is 10.4 Å². The number of rotatable bonds is 2. The van der Waals surface area contributed by atoms with E-state index in [2.05, 4.69) is 27.2 Å². The SMILES string of the molecule is C=CC(N)c1nnn[nH]1. The van der Waals surface area contributed by atoms with Gasteiger partial charge in [-0.25, -0.2) is 5.10 Å². The second kappa shape index (κ2) is 2.36. The molecule has 0 aliphatic carbocycles. The Balaban J connectivity index is 2.76. The van der Waals surface area contributed by atoms with E-state index in [1.807, 2.05) is 0 Å². The van der Waals surface area contributed by atoms with Crippen molar-refractivity contribution < 1.29 is 0 Å². The molecule has 0 saturated heterocycles. The number of aromatic amines is 1. The van der Waals surface area contributed by atoms with Crippen LogP contribution in [0.25, 0.3) is 0 Å². The minimum atomic E-state index is -0.292. The fourth-order valence-electron chi connectivity index (χ4n) is 0.419. The van der Waals surface area contributed by atoms with Crippen LogP contribution in [0.2, 0.25) is 0 Å². The van der Waals surface area contributed by atoms with Gasteiger partial charge in [0.25, 0.3) is 0 Å². The first-order valence-corrected chi connectivity index (χ1v) is 2.46. The summed E-state index contributed by atoms with van der Waals surface area (Å²) in [5.74, 6) is 0.532. The lowest BCUT2D eigenvalue weighted by Gasteiger charge is -1.95. The molecule has 0 aromatic carbocycles. The van der Waals surface area contributed by atoms with Crippen molar-refractivity contribution in [1.29, 1.82) is 0 Å². The van der Waals surface area contributed by atoms with E-state index in [4.69, 9.17) is 5.73 Å². The molecule has 1 aromatic heterocycles. The van der Waals surface area contributed by atoms with Crippen LogP contribution in [0.5, 0.6) is 0 Å². The van der Waals surface area contributed by atoms with Gasteiger partial charge >= 0.3 is 0 Å². The van der Waals surface area contributed by atoms with Crippen molar-refractivity contribution in [2.45, 2.75) is 6.04 Å². The maximum Gasteiger partial charge on any atom is 0.169 e. The second-order valence-electron chi connectivity index (χ2n) is 1.55. The third-order valence-electron chi connectivity index (χ3n) is 0.931. The monoisotopic (exact) mass is 125 g/mol. The summed E-state index contributed by atoms with van der Waals surface area (Å²) in [6.07, 6.45) is 1.56. The van der Waals surface area contributed by atoms with Crippen LogP contribution in [0.3, 0.4) is 0 Å². The quantitative estimate of drug-likeness (QED) is 0.516. The van der Waals surface area contributed by atoms with Crippen LogP contribution in [0, 0.1) is 0 Å². The zero-order valence-corrected chi connectivity index (χ0v) is 4.78. The van der Waals surface area contributed by atoms with Crippen molar-refractivity contribution in [3.8, 4) is 0 Å². The van der Waals surface area contributed by atoms with E-state index in [1.165, 1.54) is 0 Å². The van der Waals surface area contributed by atoms with Gasteiger partial charge in [-0.1, -0.05) is 6.08 Å². The normalized spacial score (nSPS) is 13.0. The third-order valence-corrected chi connectivity index (χ3v) is 0.931. The summed E-state index contributed by atoms with van der Waals surface area (Å²) in [6.45, 7) is 3.48. The van der Waals surface area contributed by atoms with Crippen LogP contribution in [-0.2, 0) is 0 Å². The highest BCUT2D eigenvalue weighted by Gasteiger charge is 2.02. The Morgan fingerprint density at radius 1 is 1.78 bits per heavy atom. The van der Waals surface area contributed by atoms with E-state index in [0.717, 1.165) is 0 Å². The third kappa shape index (κ3) is 1.11. The van der Waals surface area contributed by atoms with Gasteiger partial charge in [0, 0.05) is 0 Å². The van der Waals surface area contributed by atoms with Gasteiger partial charge in [-0.3, -0.25) is 0 Å². The molecule has 1 atom stereocenters. The van der Waals surface area contributed by atoms with Crippen molar-refractivity contribution in [3.63, 3.8) is 0 Å². The van der Waals surface area contributed by atoms with Crippen molar-refractivity contribution >= 4 is 0 Å². The van der Waals surface area contributed by atoms with Gasteiger partial charge in [-0.15, -0.1) is 11.7 Å². The lowest BCUT2D eigenvalue weighted by molar-refractivity contribution is 0.814. The Hall–Kier alpha value is -1.23. The van der Waals surface area contributed by atoms with Gasteiger partial charge in [0.1, 0.15) is 0 Å². The first kappa shape index (κ1) is 5.90. The Morgan fingerprint density at radius 3 is 3.00 bits per heavy atom. The minimum absolute atomic E-state index is 0.292. The molecule has 0 bridgehead atoms. The van der Waals surface area contributed by atoms with E-state index in [-0.39, 0.29) is 6.04 Å². The fourth-order valence-corrected chi connectivity index (χ4v) is 0.419. The van der Waals surface area contributed by atoms with Crippen LogP contribution in [0.1, 0.15) is 11.9 Å². The zero-order valence-electron chi connectivity index (χ0n) is 4.78. The number of nitrogens with two attached hydrogens (primary N) is 1. The van der Waals surface area contributed by atoms with Crippen molar-refractivity contribution in [3.05, 3.63) is 18.5 Å². The highest BCUT2D eigenvalue weighted by molar-refractivity contribution is 4.97. The van der Waals surface area contributed by atoms with Crippen LogP contribution >= 0.6 is 0 Å². The summed E-state index contributed by atoms with van der Waals surface area (Å²) < 4.78 is 0. The summed E-state index contributed by atoms with van der Waals surface area (Å²) in [5.41, 5.74) is 5.45. The smallest absolute Gasteiger partial charge is 0.169 e. The van der Waals surface area contributed by atoms with Crippen LogP contribution in [-0.4, -0.2) is 20.6 Å². The highest BCUT2D eigenvalue weighted by Crippen LogP contribution is 1.99. The summed E-state index contributed by atoms with van der Waals surface area (Å²) in [7, 11) is 0. The lowest BCUT2D eigenvalue weighted by atomic mass is 10.3. The van der Waals surface area contributed by atoms with Crippen molar-refractivity contribution in [2.24, 2.45) is 5.73 Å². The average molecular weight is 125 g/mol. The molecule has 5 heteroatoms. The van der Waals surface area contributed by atoms with Crippen molar-refractivity contribution in [2.75, 3.05) is 0 Å². The first-order chi connectivity index (χ1) is 4.34. The van der Waals surface area contributed by atoms with E-state index < -0.39 is 0 Å². The largest absolute Gasteiger partial charge is 0.318 e. The summed E-state index contributed by atoms with van der Waals surface area (Å²) in [5, 5.41) is 12.8. The molecule has 48 valence electrons. The Labute approximate surface area is 51.9 Å². The molecule has 1 aromatic rings. The molecule has 3 N–H and O–H groups in total. The van der Waals surface area contributed by atoms with Gasteiger partial charge < -0.3 is 5.73 Å². The summed E-state index contributed by atoms with van der Waals surface area (Å²) in [4.78, 5) is 0. The number of hydrogen-bond donors (Lipinski definition) is 2. The Bertz CT molecular complexity index is 179. The maximum atomic E-state index is 5.45. The van der Waals surface area contributed by atoms with Crippen LogP contribution < -0.4 is 5.73 Å². The molecular weight excluding hydrogens is 118 g/mol. The van der Waals surface area contributed by atoms with E-state index in [9.17, 15) is 0 Å². The summed E-state index contributed by atoms with van der Waals surface area (Å²) in [6, 6.07) is -0.292. The number of H-pyrrole nitrogens is 1. The predicted octanol–water partition coefficient (Wildman–Crippen LogP) is -0.615. The number of nitrogens with one attached hydrogen (secondary N) is 1. The first-order valence-electron chi connectivity index (χ1n) is 2.46. The topological polar surface area (TPSA) is 80.5 Å². The summed E-state index contributed by atoms with van der Waals surface area (Å²) >= 11 is 0. The number of tetrazole rings is 1. The van der Waals surface area contributed by atoms with Gasteiger partial charge in [0.2, 0.25) is 0 Å². The van der Waals surface area contributed by atoms with Crippen molar-refractivity contribution in [1.82, 2.24) is 20.6 Å². The number of hydrogen-bond acceptors (Lipinski definition) is 4. The van der Waals surface area contributed by atoms with Gasteiger partial charge in [0.15, 0.2) is 5.82 Å². The second-order valence-corrected chi connectivity index (χ2v) is 1.55. The molecule has 1 heterocycles. The van der Waals surface area contributed by atoms with E-state index in [0.29, 0.717) is 5.82 Å². The Kier molecular flexibility index (Phi) is 1.55. The molecule has 0 aliphatic heterocycles. The lowest BCUT2D eigenvalue weighted by Crippen LogP contribution is -2.08. The highest BCUT2D eigenvalue weighted by atomic mass is 15.5. The molecular formula is C4H7N5. The molecule has 0 fully saturated rings. The predicted molar refractivity (Wildman–Crippen MR) is 31.3 cm³/mol. The average Bonchev–Trinajstić information content (AvgIpc) is 2.37. The molecule has 0 amide bonds. The van der Waals surface area contributed by atoms with Gasteiger partial charge in [-0.2, -0.15) is 0 Å². The molecule has 0 aliphatic rings. The Morgan fingerprint density at radius 2 is 2.56 bits per heavy atom. The van der Waals surface area contributed by atoms with Gasteiger partial charge in [0.05, 0.1) is 6.04 Å². The molecule has 5 nitrogen and oxygen atoms in total. The number of nitrogens with zero attached hydrogens (tertiary/aromatic N) is 3. The minimum Gasteiger partial charge on any atom is -0.318 e. The molecule has 0 radical (unpaired) electrons. The van der Waals surface area contributed by atoms with E-state index in [1.54, 1.807) is 6.08 Å². The molecule has 9 heavy (non-hydrogen) atoms. The molecule has 1 unspecified atom stereocenters. The maximum absolute atomic E-state index is 5.45.